The highest BCUT2D eigenvalue weighted by Gasteiger charge is 2.43. The first-order chi connectivity index (χ1) is 13.5. The monoisotopic (exact) mass is 539 g/mol. The molecule has 29 heavy (non-hydrogen) atoms. The summed E-state index contributed by atoms with van der Waals surface area (Å²) in [4.78, 5) is 27.7. The van der Waals surface area contributed by atoms with Gasteiger partial charge in [0.15, 0.2) is 6.20 Å². The molecule has 2 aromatic carbocycles. The van der Waals surface area contributed by atoms with E-state index in [0.29, 0.717) is 21.4 Å². The number of benzene rings is 2. The average molecular weight is 540 g/mol. The Labute approximate surface area is 195 Å². The number of carbonyl (C=O) groups excluding carboxylic acids is 2. The zero-order valence-corrected chi connectivity index (χ0v) is 18.7. The standard InChI is InChI=1S/C21H15Cl2N3O2.HI/c22-14-4-8-16(9-5-14)24-21(28)20-18-3-1-2-12-25(18)13-19(27)26(20)17-10-6-15(23)7-11-17;/h1-12,20H,13H2;1H. The van der Waals surface area contributed by atoms with Crippen molar-refractivity contribution in [1.29, 1.82) is 0 Å². The number of anilines is 2. The number of amides is 2. The molecule has 2 amide bonds. The van der Waals surface area contributed by atoms with Gasteiger partial charge >= 0.3 is 0 Å². The van der Waals surface area contributed by atoms with Gasteiger partial charge in [0, 0.05) is 33.6 Å². The van der Waals surface area contributed by atoms with Crippen LogP contribution in [-0.4, -0.2) is 11.8 Å². The van der Waals surface area contributed by atoms with Crippen molar-refractivity contribution >= 4 is 46.4 Å². The molecule has 8 heteroatoms. The molecule has 1 atom stereocenters. The summed E-state index contributed by atoms with van der Waals surface area (Å²) < 4.78 is 1.79. The van der Waals surface area contributed by atoms with E-state index in [1.165, 1.54) is 4.90 Å². The normalized spacial score (nSPS) is 15.3. The highest BCUT2D eigenvalue weighted by atomic mass is 127. The molecule has 4 rings (SSSR count). The SMILES string of the molecule is O=C(Nc1ccc(Cl)cc1)C1c2cccc[n+]2CC(=O)N1c1ccc(Cl)cc1.[I-]. The van der Waals surface area contributed by atoms with Gasteiger partial charge in [0.25, 0.3) is 11.8 Å². The van der Waals surface area contributed by atoms with E-state index in [4.69, 9.17) is 23.2 Å². The van der Waals surface area contributed by atoms with Crippen LogP contribution in [0.25, 0.3) is 0 Å². The lowest BCUT2D eigenvalue weighted by atomic mass is 10.0. The van der Waals surface area contributed by atoms with E-state index in [1.807, 2.05) is 18.2 Å². The quantitative estimate of drug-likeness (QED) is 0.399. The minimum absolute atomic E-state index is 0. The van der Waals surface area contributed by atoms with Gasteiger partial charge in [-0.3, -0.25) is 14.5 Å². The summed E-state index contributed by atoms with van der Waals surface area (Å²) >= 11 is 11.9. The van der Waals surface area contributed by atoms with Crippen molar-refractivity contribution in [2.75, 3.05) is 10.2 Å². The molecular formula is C21H16Cl2IN3O2. The molecule has 1 unspecified atom stereocenters. The maximum absolute atomic E-state index is 13.2. The fourth-order valence-corrected chi connectivity index (χ4v) is 3.52. The van der Waals surface area contributed by atoms with Crippen molar-refractivity contribution in [2.45, 2.75) is 12.6 Å². The molecule has 0 bridgehead atoms. The van der Waals surface area contributed by atoms with Gasteiger partial charge in [-0.15, -0.1) is 0 Å². The second-order valence-corrected chi connectivity index (χ2v) is 7.27. The second kappa shape index (κ2) is 9.11. The number of fused-ring (bicyclic) bond motifs is 1. The van der Waals surface area contributed by atoms with E-state index in [0.717, 1.165) is 5.69 Å². The number of hydrogen-bond donors (Lipinski definition) is 1. The predicted octanol–water partition coefficient (Wildman–Crippen LogP) is 1.01. The fraction of sp³-hybridized carbons (Fsp3) is 0.0952. The molecule has 0 saturated heterocycles. The Balaban J connectivity index is 0.00000240. The van der Waals surface area contributed by atoms with Gasteiger partial charge in [-0.1, -0.05) is 29.3 Å². The molecule has 3 aromatic rings. The van der Waals surface area contributed by atoms with Crippen LogP contribution in [0.4, 0.5) is 11.4 Å². The number of carbonyl (C=O) groups is 2. The Kier molecular flexibility index (Phi) is 6.77. The number of rotatable bonds is 3. The van der Waals surface area contributed by atoms with Crippen molar-refractivity contribution in [1.82, 2.24) is 0 Å². The number of aromatic nitrogens is 1. The Morgan fingerprint density at radius 3 is 2.24 bits per heavy atom. The van der Waals surface area contributed by atoms with Crippen LogP contribution in [-0.2, 0) is 16.1 Å². The van der Waals surface area contributed by atoms with E-state index >= 15 is 0 Å². The highest BCUT2D eigenvalue weighted by Crippen LogP contribution is 2.30. The van der Waals surface area contributed by atoms with Crippen LogP contribution in [0.2, 0.25) is 10.0 Å². The molecule has 0 radical (unpaired) electrons. The van der Waals surface area contributed by atoms with E-state index in [9.17, 15) is 9.59 Å². The summed E-state index contributed by atoms with van der Waals surface area (Å²) in [6.45, 7) is 0.156. The van der Waals surface area contributed by atoms with Crippen LogP contribution < -0.4 is 38.8 Å². The lowest BCUT2D eigenvalue weighted by Gasteiger charge is -2.32. The van der Waals surface area contributed by atoms with Crippen LogP contribution >= 0.6 is 23.2 Å². The van der Waals surface area contributed by atoms with E-state index in [1.54, 1.807) is 59.3 Å². The molecule has 0 spiro atoms. The van der Waals surface area contributed by atoms with Crippen molar-refractivity contribution < 1.29 is 38.1 Å². The lowest BCUT2D eigenvalue weighted by molar-refractivity contribution is -0.695. The van der Waals surface area contributed by atoms with Crippen LogP contribution in [0.15, 0.2) is 72.9 Å². The molecule has 148 valence electrons. The van der Waals surface area contributed by atoms with Crippen LogP contribution in [0, 0.1) is 0 Å². The van der Waals surface area contributed by atoms with Gasteiger partial charge in [-0.25, -0.2) is 0 Å². The fourth-order valence-electron chi connectivity index (χ4n) is 3.27. The van der Waals surface area contributed by atoms with Crippen LogP contribution in [0.1, 0.15) is 11.7 Å². The lowest BCUT2D eigenvalue weighted by Crippen LogP contribution is -3.00. The Morgan fingerprint density at radius 1 is 0.966 bits per heavy atom. The molecule has 1 aliphatic rings. The van der Waals surface area contributed by atoms with E-state index < -0.39 is 6.04 Å². The molecule has 5 nitrogen and oxygen atoms in total. The molecule has 0 saturated carbocycles. The van der Waals surface area contributed by atoms with Crippen molar-refractivity contribution in [3.05, 3.63) is 88.7 Å². The maximum Gasteiger partial charge on any atom is 0.294 e. The van der Waals surface area contributed by atoms with Gasteiger partial charge in [-0.05, 0) is 48.5 Å². The number of halogens is 3. The minimum atomic E-state index is -0.820. The topological polar surface area (TPSA) is 53.3 Å². The van der Waals surface area contributed by atoms with E-state index in [-0.39, 0.29) is 42.3 Å². The summed E-state index contributed by atoms with van der Waals surface area (Å²) in [7, 11) is 0. The third-order valence-corrected chi connectivity index (χ3v) is 5.06. The summed E-state index contributed by atoms with van der Waals surface area (Å²) in [5.41, 5.74) is 1.94. The van der Waals surface area contributed by atoms with Crippen LogP contribution in [0.3, 0.4) is 0 Å². The van der Waals surface area contributed by atoms with Gasteiger partial charge in [0.1, 0.15) is 0 Å². The van der Waals surface area contributed by atoms with E-state index in [2.05, 4.69) is 5.32 Å². The van der Waals surface area contributed by atoms with Crippen molar-refractivity contribution in [3.8, 4) is 0 Å². The molecule has 1 aliphatic heterocycles. The second-order valence-electron chi connectivity index (χ2n) is 6.39. The first-order valence-electron chi connectivity index (χ1n) is 8.65. The number of nitrogens with one attached hydrogen (secondary N) is 1. The summed E-state index contributed by atoms with van der Waals surface area (Å²) in [5.74, 6) is -0.493. The Hall–Kier alpha value is -2.16. The first kappa shape index (κ1) is 21.5. The van der Waals surface area contributed by atoms with Crippen LogP contribution in [0.5, 0.6) is 0 Å². The van der Waals surface area contributed by atoms with Gasteiger partial charge in [-0.2, -0.15) is 4.57 Å². The largest absolute Gasteiger partial charge is 1.00 e. The number of pyridine rings is 1. The maximum atomic E-state index is 13.2. The molecule has 1 aromatic heterocycles. The highest BCUT2D eigenvalue weighted by molar-refractivity contribution is 6.31. The smallest absolute Gasteiger partial charge is 0.294 e. The average Bonchev–Trinajstić information content (AvgIpc) is 2.69. The molecule has 0 fully saturated rings. The molecular weight excluding hydrogens is 524 g/mol. The summed E-state index contributed by atoms with van der Waals surface area (Å²) in [6, 6.07) is 18.4. The summed E-state index contributed by atoms with van der Waals surface area (Å²) in [6.07, 6.45) is 1.80. The third-order valence-electron chi connectivity index (χ3n) is 4.55. The van der Waals surface area contributed by atoms with Crippen molar-refractivity contribution in [3.63, 3.8) is 0 Å². The van der Waals surface area contributed by atoms with Gasteiger partial charge < -0.3 is 29.3 Å². The predicted molar refractivity (Wildman–Crippen MR) is 108 cm³/mol. The molecule has 2 heterocycles. The molecule has 0 aliphatic carbocycles. The summed E-state index contributed by atoms with van der Waals surface area (Å²) in [5, 5.41) is 4.02. The first-order valence-corrected chi connectivity index (χ1v) is 9.41. The zero-order valence-electron chi connectivity index (χ0n) is 15.1. The van der Waals surface area contributed by atoms with Crippen molar-refractivity contribution in [2.24, 2.45) is 0 Å². The zero-order chi connectivity index (χ0) is 19.7. The molecule has 1 N–H and O–H groups in total. The Bertz CT molecular complexity index is 1040. The van der Waals surface area contributed by atoms with Gasteiger partial charge in [0.05, 0.1) is 0 Å². The Morgan fingerprint density at radius 2 is 1.59 bits per heavy atom. The number of hydrogen-bond acceptors (Lipinski definition) is 2. The van der Waals surface area contributed by atoms with Gasteiger partial charge in [0.2, 0.25) is 18.3 Å². The number of nitrogens with zero attached hydrogens (tertiary/aromatic N) is 2. The minimum Gasteiger partial charge on any atom is -1.00 e. The third kappa shape index (κ3) is 4.55.